The monoisotopic (exact) mass is 129 g/mol. The van der Waals surface area contributed by atoms with Crippen molar-refractivity contribution in [2.24, 2.45) is 5.92 Å². The largest absolute Gasteiger partial charge is 0.378 e. The third kappa shape index (κ3) is 0.764. The fourth-order valence-corrected chi connectivity index (χ4v) is 1.42. The van der Waals surface area contributed by atoms with Crippen LogP contribution in [-0.4, -0.2) is 25.4 Å². The molecule has 0 aromatic rings. The predicted molar refractivity (Wildman–Crippen MR) is 31.8 cm³/mol. The molecule has 0 aromatic heterocycles. The van der Waals surface area contributed by atoms with E-state index in [1.807, 2.05) is 0 Å². The highest BCUT2D eigenvalue weighted by atomic mass is 16.7. The molecule has 2 aliphatic heterocycles. The smallest absolute Gasteiger partial charge is 0.109 e. The van der Waals surface area contributed by atoms with Gasteiger partial charge in [0.2, 0.25) is 0 Å². The van der Waals surface area contributed by atoms with Gasteiger partial charge in [-0.05, 0) is 6.92 Å². The first kappa shape index (κ1) is 5.65. The van der Waals surface area contributed by atoms with E-state index < -0.39 is 0 Å². The molecule has 1 unspecified atom stereocenters. The maximum Gasteiger partial charge on any atom is 0.109 e. The van der Waals surface area contributed by atoms with Gasteiger partial charge in [-0.25, -0.2) is 0 Å². The molecule has 1 N–H and O–H groups in total. The Labute approximate surface area is 54.3 Å². The Morgan fingerprint density at radius 3 is 3.11 bits per heavy atom. The molecule has 9 heavy (non-hydrogen) atoms. The van der Waals surface area contributed by atoms with E-state index in [9.17, 15) is 0 Å². The van der Waals surface area contributed by atoms with Crippen molar-refractivity contribution < 1.29 is 9.57 Å². The molecule has 2 aliphatic rings. The number of ether oxygens (including phenoxy) is 1. The minimum absolute atomic E-state index is 0.319. The van der Waals surface area contributed by atoms with Crippen LogP contribution in [-0.2, 0) is 9.57 Å². The van der Waals surface area contributed by atoms with Crippen LogP contribution in [0.4, 0.5) is 0 Å². The summed E-state index contributed by atoms with van der Waals surface area (Å²) in [4.78, 5) is 5.21. The SMILES string of the molecule is CC1NO[C@@H]2COC[C@H]12. The topological polar surface area (TPSA) is 30.5 Å². The average Bonchev–Trinajstić information content (AvgIpc) is 2.35. The van der Waals surface area contributed by atoms with Gasteiger partial charge in [0.05, 0.1) is 13.2 Å². The summed E-state index contributed by atoms with van der Waals surface area (Å²) in [6.45, 7) is 3.75. The minimum Gasteiger partial charge on any atom is -0.378 e. The Bertz CT molecular complexity index is 118. The number of rotatable bonds is 0. The quantitative estimate of drug-likeness (QED) is 0.496. The van der Waals surface area contributed by atoms with Gasteiger partial charge in [0.1, 0.15) is 6.10 Å². The first-order chi connectivity index (χ1) is 4.38. The van der Waals surface area contributed by atoms with Crippen LogP contribution in [0.2, 0.25) is 0 Å². The van der Waals surface area contributed by atoms with Gasteiger partial charge in [-0.3, -0.25) is 4.84 Å². The van der Waals surface area contributed by atoms with Gasteiger partial charge in [-0.15, -0.1) is 0 Å². The van der Waals surface area contributed by atoms with Crippen LogP contribution in [0, 0.1) is 5.92 Å². The maximum atomic E-state index is 5.22. The minimum atomic E-state index is 0.319. The van der Waals surface area contributed by atoms with Gasteiger partial charge in [0, 0.05) is 12.0 Å². The normalized spacial score (nSPS) is 49.7. The van der Waals surface area contributed by atoms with E-state index >= 15 is 0 Å². The highest BCUT2D eigenvalue weighted by Crippen LogP contribution is 2.24. The van der Waals surface area contributed by atoms with Crippen LogP contribution in [0.25, 0.3) is 0 Å². The van der Waals surface area contributed by atoms with Crippen molar-refractivity contribution in [2.75, 3.05) is 13.2 Å². The Kier molecular flexibility index (Phi) is 1.22. The van der Waals surface area contributed by atoms with Crippen molar-refractivity contribution in [3.8, 4) is 0 Å². The molecule has 0 spiro atoms. The molecule has 2 saturated heterocycles. The summed E-state index contributed by atoms with van der Waals surface area (Å²) in [5, 5.41) is 0. The molecule has 2 rings (SSSR count). The Hall–Kier alpha value is -0.120. The number of hydrogen-bond donors (Lipinski definition) is 1. The molecule has 2 heterocycles. The molecular weight excluding hydrogens is 118 g/mol. The van der Waals surface area contributed by atoms with Gasteiger partial charge in [-0.1, -0.05) is 0 Å². The second-order valence-corrected chi connectivity index (χ2v) is 2.76. The molecule has 3 atom stereocenters. The van der Waals surface area contributed by atoms with Crippen LogP contribution in [0.15, 0.2) is 0 Å². The van der Waals surface area contributed by atoms with Gasteiger partial charge in [0.25, 0.3) is 0 Å². The predicted octanol–water partition coefficient (Wildman–Crippen LogP) is -0.0753. The molecule has 52 valence electrons. The highest BCUT2D eigenvalue weighted by molar-refractivity contribution is 4.86. The zero-order chi connectivity index (χ0) is 6.27. The zero-order valence-corrected chi connectivity index (χ0v) is 5.46. The van der Waals surface area contributed by atoms with Crippen LogP contribution in [0.1, 0.15) is 6.92 Å². The van der Waals surface area contributed by atoms with Crippen molar-refractivity contribution >= 4 is 0 Å². The molecule has 0 bridgehead atoms. The van der Waals surface area contributed by atoms with Crippen LogP contribution in [0.3, 0.4) is 0 Å². The lowest BCUT2D eigenvalue weighted by atomic mass is 10.0. The van der Waals surface area contributed by atoms with Crippen LogP contribution >= 0.6 is 0 Å². The van der Waals surface area contributed by atoms with Gasteiger partial charge in [-0.2, -0.15) is 5.48 Å². The fourth-order valence-electron chi connectivity index (χ4n) is 1.42. The maximum absolute atomic E-state index is 5.22. The second kappa shape index (κ2) is 1.94. The summed E-state index contributed by atoms with van der Waals surface area (Å²) < 4.78 is 5.22. The summed E-state index contributed by atoms with van der Waals surface area (Å²) in [7, 11) is 0. The average molecular weight is 129 g/mol. The zero-order valence-electron chi connectivity index (χ0n) is 5.46. The Morgan fingerprint density at radius 1 is 1.44 bits per heavy atom. The van der Waals surface area contributed by atoms with Gasteiger partial charge in [0.15, 0.2) is 0 Å². The number of hydroxylamine groups is 1. The molecule has 3 heteroatoms. The number of hydrogen-bond acceptors (Lipinski definition) is 3. The standard InChI is InChI=1S/C6H11NO2/c1-4-5-2-8-3-6(5)9-7-4/h4-7H,2-3H2,1H3/t4?,5-,6-/m1/s1. The van der Waals surface area contributed by atoms with E-state index in [-0.39, 0.29) is 0 Å². The third-order valence-corrected chi connectivity index (χ3v) is 2.12. The van der Waals surface area contributed by atoms with Gasteiger partial charge < -0.3 is 4.74 Å². The van der Waals surface area contributed by atoms with Crippen molar-refractivity contribution in [2.45, 2.75) is 19.1 Å². The van der Waals surface area contributed by atoms with Crippen LogP contribution < -0.4 is 5.48 Å². The van der Waals surface area contributed by atoms with Crippen molar-refractivity contribution in [3.05, 3.63) is 0 Å². The second-order valence-electron chi connectivity index (χ2n) is 2.76. The molecular formula is C6H11NO2. The van der Waals surface area contributed by atoms with E-state index in [0.717, 1.165) is 13.2 Å². The van der Waals surface area contributed by atoms with Crippen molar-refractivity contribution in [1.29, 1.82) is 0 Å². The van der Waals surface area contributed by atoms with Crippen molar-refractivity contribution in [1.82, 2.24) is 5.48 Å². The first-order valence-corrected chi connectivity index (χ1v) is 3.37. The lowest BCUT2D eigenvalue weighted by molar-refractivity contribution is 0.00390. The summed E-state index contributed by atoms with van der Waals surface area (Å²) >= 11 is 0. The summed E-state index contributed by atoms with van der Waals surface area (Å²) in [6, 6.07) is 0.470. The fraction of sp³-hybridized carbons (Fsp3) is 1.00. The third-order valence-electron chi connectivity index (χ3n) is 2.12. The molecule has 0 aliphatic carbocycles. The summed E-state index contributed by atoms with van der Waals surface area (Å²) in [5.41, 5.74) is 2.94. The Balaban J connectivity index is 2.07. The van der Waals surface area contributed by atoms with Crippen LogP contribution in [0.5, 0.6) is 0 Å². The van der Waals surface area contributed by atoms with Crippen molar-refractivity contribution in [3.63, 3.8) is 0 Å². The Morgan fingerprint density at radius 2 is 2.33 bits per heavy atom. The van der Waals surface area contributed by atoms with E-state index in [1.165, 1.54) is 0 Å². The molecule has 2 fully saturated rings. The molecule has 0 aromatic carbocycles. The molecule has 0 saturated carbocycles. The van der Waals surface area contributed by atoms with E-state index in [1.54, 1.807) is 0 Å². The molecule has 0 amide bonds. The molecule has 0 radical (unpaired) electrons. The lowest BCUT2D eigenvalue weighted by Crippen LogP contribution is -2.24. The van der Waals surface area contributed by atoms with Gasteiger partial charge >= 0.3 is 0 Å². The summed E-state index contributed by atoms with van der Waals surface area (Å²) in [6.07, 6.45) is 0.319. The first-order valence-electron chi connectivity index (χ1n) is 3.37. The lowest BCUT2D eigenvalue weighted by Gasteiger charge is -2.05. The molecule has 3 nitrogen and oxygen atoms in total. The van der Waals surface area contributed by atoms with E-state index in [0.29, 0.717) is 18.1 Å². The van der Waals surface area contributed by atoms with E-state index in [4.69, 9.17) is 9.57 Å². The number of nitrogens with one attached hydrogen (secondary N) is 1. The summed E-state index contributed by atoms with van der Waals surface area (Å²) in [5.74, 6) is 0.588. The highest BCUT2D eigenvalue weighted by Gasteiger charge is 2.39. The van der Waals surface area contributed by atoms with E-state index in [2.05, 4.69) is 12.4 Å². The number of fused-ring (bicyclic) bond motifs is 1.